The van der Waals surface area contributed by atoms with Crippen LogP contribution in [0.4, 0.5) is 17.1 Å². The molecule has 10 heteroatoms. The second kappa shape index (κ2) is 9.59. The summed E-state index contributed by atoms with van der Waals surface area (Å²) in [5.74, 6) is 0.792. The Morgan fingerprint density at radius 3 is 2.53 bits per heavy atom. The quantitative estimate of drug-likeness (QED) is 0.206. The average Bonchev–Trinajstić information content (AvgIpc) is 3.49. The van der Waals surface area contributed by atoms with Crippen molar-refractivity contribution in [2.45, 2.75) is 19.0 Å². The fourth-order valence-electron chi connectivity index (χ4n) is 4.33. The highest BCUT2D eigenvalue weighted by atomic mass is 32.1. The molecule has 3 heterocycles. The highest BCUT2D eigenvalue weighted by Gasteiger charge is 2.42. The van der Waals surface area contributed by atoms with Gasteiger partial charge in [0.05, 0.1) is 22.2 Å². The summed E-state index contributed by atoms with van der Waals surface area (Å²) in [6, 6.07) is 22.2. The molecule has 1 fully saturated rings. The first-order valence-electron chi connectivity index (χ1n) is 11.1. The number of hydrogen-bond donors (Lipinski definition) is 2. The minimum absolute atomic E-state index is 0.0369. The number of para-hydroxylation sites is 1. The second-order valence-electron chi connectivity index (χ2n) is 8.20. The van der Waals surface area contributed by atoms with Crippen molar-refractivity contribution in [3.8, 4) is 11.3 Å². The van der Waals surface area contributed by atoms with Crippen molar-refractivity contribution < 1.29 is 14.1 Å². The third kappa shape index (κ3) is 4.41. The van der Waals surface area contributed by atoms with Gasteiger partial charge in [0.25, 0.3) is 5.69 Å². The molecule has 1 saturated heterocycles. The molecule has 9 nitrogen and oxygen atoms in total. The molecule has 5 rings (SSSR count). The number of anilines is 2. The molecule has 2 aromatic carbocycles. The number of furan rings is 1. The summed E-state index contributed by atoms with van der Waals surface area (Å²) < 4.78 is 6.24. The van der Waals surface area contributed by atoms with Crippen LogP contribution in [-0.4, -0.2) is 20.9 Å². The van der Waals surface area contributed by atoms with Crippen LogP contribution in [0.5, 0.6) is 0 Å². The van der Waals surface area contributed by atoms with Gasteiger partial charge in [0.1, 0.15) is 17.6 Å². The van der Waals surface area contributed by atoms with Gasteiger partial charge in [-0.25, -0.2) is 0 Å². The molecule has 2 N–H and O–H groups in total. The molecule has 0 bridgehead atoms. The van der Waals surface area contributed by atoms with Gasteiger partial charge >= 0.3 is 0 Å². The van der Waals surface area contributed by atoms with Crippen LogP contribution in [0.1, 0.15) is 30.5 Å². The van der Waals surface area contributed by atoms with Crippen LogP contribution in [0.25, 0.3) is 11.3 Å². The number of benzene rings is 2. The fraction of sp³-hybridized carbons (Fsp3) is 0.115. The lowest BCUT2D eigenvalue weighted by molar-refractivity contribution is -0.384. The molecule has 2 aromatic heterocycles. The summed E-state index contributed by atoms with van der Waals surface area (Å²) in [5.41, 5.74) is 2.58. The van der Waals surface area contributed by atoms with E-state index in [1.54, 1.807) is 48.7 Å². The number of nitrogens with zero attached hydrogens (tertiary/aromatic N) is 3. The van der Waals surface area contributed by atoms with E-state index in [-0.39, 0.29) is 17.6 Å². The Balaban J connectivity index is 1.58. The van der Waals surface area contributed by atoms with E-state index in [0.717, 1.165) is 11.4 Å². The van der Waals surface area contributed by atoms with Gasteiger partial charge in [-0.3, -0.25) is 19.9 Å². The van der Waals surface area contributed by atoms with E-state index >= 15 is 0 Å². The van der Waals surface area contributed by atoms with E-state index < -0.39 is 11.0 Å². The van der Waals surface area contributed by atoms with Crippen molar-refractivity contribution in [3.63, 3.8) is 0 Å². The van der Waals surface area contributed by atoms with E-state index in [2.05, 4.69) is 15.6 Å². The molecule has 1 aliphatic heterocycles. The number of hydrogen-bond acceptors (Lipinski definition) is 6. The molecule has 180 valence electrons. The molecule has 1 aliphatic rings. The predicted octanol–water partition coefficient (Wildman–Crippen LogP) is 5.39. The summed E-state index contributed by atoms with van der Waals surface area (Å²) >= 11 is 5.72. The first-order valence-corrected chi connectivity index (χ1v) is 11.5. The Hall–Kier alpha value is -4.57. The van der Waals surface area contributed by atoms with Gasteiger partial charge in [0.15, 0.2) is 5.11 Å². The smallest absolute Gasteiger partial charge is 0.280 e. The van der Waals surface area contributed by atoms with Crippen molar-refractivity contribution in [3.05, 3.63) is 107 Å². The Morgan fingerprint density at radius 2 is 1.83 bits per heavy atom. The normalized spacial score (nSPS) is 17.0. The predicted molar refractivity (Wildman–Crippen MR) is 139 cm³/mol. The third-order valence-electron chi connectivity index (χ3n) is 5.85. The molecule has 1 amide bonds. The molecule has 4 aromatic rings. The average molecular weight is 500 g/mol. The lowest BCUT2D eigenvalue weighted by atomic mass is 10.0. The lowest BCUT2D eigenvalue weighted by Gasteiger charge is -2.26. The fourth-order valence-corrected chi connectivity index (χ4v) is 4.67. The highest BCUT2D eigenvalue weighted by Crippen LogP contribution is 2.43. The molecule has 36 heavy (non-hydrogen) atoms. The van der Waals surface area contributed by atoms with E-state index in [1.165, 1.54) is 13.0 Å². The standard InChI is InChI=1S/C26H21N5O4S/c1-16(32)28-17-9-11-18(12-10-17)30-25(24(29-26(30)36)20-7-4-5-15-27-20)23-14-13-22(35-23)19-6-2-3-8-21(19)31(33)34/h2-15,24-25H,1H3,(H,28,32)(H,29,36). The van der Waals surface area contributed by atoms with Crippen molar-refractivity contribution in [2.75, 3.05) is 10.2 Å². The first kappa shape index (κ1) is 23.2. The van der Waals surface area contributed by atoms with Gasteiger partial charge in [-0.05, 0) is 66.8 Å². The molecular formula is C26H21N5O4S. The van der Waals surface area contributed by atoms with Crippen molar-refractivity contribution >= 4 is 40.3 Å². The number of nitro benzene ring substituents is 1. The number of nitro groups is 1. The largest absolute Gasteiger partial charge is 0.459 e. The number of carbonyl (C=O) groups excluding carboxylic acids is 1. The number of thiocarbonyl (C=S) groups is 1. The van der Waals surface area contributed by atoms with Crippen LogP contribution in [-0.2, 0) is 4.79 Å². The Bertz CT molecular complexity index is 1440. The Morgan fingerprint density at radius 1 is 1.08 bits per heavy atom. The van der Waals surface area contributed by atoms with Gasteiger partial charge in [-0.1, -0.05) is 18.2 Å². The van der Waals surface area contributed by atoms with Gasteiger partial charge in [0, 0.05) is 30.6 Å². The van der Waals surface area contributed by atoms with Gasteiger partial charge in [-0.2, -0.15) is 0 Å². The molecular weight excluding hydrogens is 478 g/mol. The van der Waals surface area contributed by atoms with Crippen LogP contribution >= 0.6 is 12.2 Å². The molecule has 0 saturated carbocycles. The lowest BCUT2D eigenvalue weighted by Crippen LogP contribution is -2.29. The number of carbonyl (C=O) groups is 1. The molecule has 2 unspecified atom stereocenters. The first-order chi connectivity index (χ1) is 17.4. The summed E-state index contributed by atoms with van der Waals surface area (Å²) in [7, 11) is 0. The third-order valence-corrected chi connectivity index (χ3v) is 6.16. The molecule has 0 aliphatic carbocycles. The summed E-state index contributed by atoms with van der Waals surface area (Å²) in [4.78, 5) is 29.0. The van der Waals surface area contributed by atoms with Crippen LogP contribution in [0, 0.1) is 10.1 Å². The highest BCUT2D eigenvalue weighted by molar-refractivity contribution is 7.80. The summed E-state index contributed by atoms with van der Waals surface area (Å²) in [6.45, 7) is 1.45. The van der Waals surface area contributed by atoms with E-state index in [1.807, 2.05) is 35.2 Å². The maximum absolute atomic E-state index is 11.6. The zero-order valence-electron chi connectivity index (χ0n) is 19.1. The molecule has 0 radical (unpaired) electrons. The maximum Gasteiger partial charge on any atom is 0.280 e. The zero-order valence-corrected chi connectivity index (χ0v) is 19.9. The monoisotopic (exact) mass is 499 g/mol. The minimum atomic E-state index is -0.427. The summed E-state index contributed by atoms with van der Waals surface area (Å²) in [6.07, 6.45) is 1.71. The van der Waals surface area contributed by atoms with E-state index in [9.17, 15) is 14.9 Å². The molecule has 2 atom stereocenters. The van der Waals surface area contributed by atoms with Gasteiger partial charge in [-0.15, -0.1) is 0 Å². The Labute approximate surface area is 211 Å². The van der Waals surface area contributed by atoms with Crippen LogP contribution in [0.2, 0.25) is 0 Å². The maximum atomic E-state index is 11.6. The number of rotatable bonds is 6. The van der Waals surface area contributed by atoms with E-state index in [4.69, 9.17) is 16.6 Å². The van der Waals surface area contributed by atoms with E-state index in [0.29, 0.717) is 27.9 Å². The van der Waals surface area contributed by atoms with Gasteiger partial charge in [0.2, 0.25) is 5.91 Å². The second-order valence-corrected chi connectivity index (χ2v) is 8.59. The van der Waals surface area contributed by atoms with Crippen LogP contribution in [0.3, 0.4) is 0 Å². The number of pyridine rings is 1. The van der Waals surface area contributed by atoms with Crippen molar-refractivity contribution in [1.82, 2.24) is 10.3 Å². The van der Waals surface area contributed by atoms with Crippen molar-refractivity contribution in [2.24, 2.45) is 0 Å². The van der Waals surface area contributed by atoms with Crippen LogP contribution in [0.15, 0.2) is 89.5 Å². The number of amides is 1. The Kier molecular flexibility index (Phi) is 6.17. The summed E-state index contributed by atoms with van der Waals surface area (Å²) in [5, 5.41) is 18.1. The van der Waals surface area contributed by atoms with Crippen molar-refractivity contribution in [1.29, 1.82) is 0 Å². The minimum Gasteiger partial charge on any atom is -0.459 e. The number of nitrogens with one attached hydrogen (secondary N) is 2. The molecule has 0 spiro atoms. The van der Waals surface area contributed by atoms with Gasteiger partial charge < -0.3 is 20.0 Å². The number of aromatic nitrogens is 1. The zero-order chi connectivity index (χ0) is 25.2. The SMILES string of the molecule is CC(=O)Nc1ccc(N2C(=S)NC(c3ccccn3)C2c2ccc(-c3ccccc3[N+](=O)[O-])o2)cc1. The van der Waals surface area contributed by atoms with Crippen LogP contribution < -0.4 is 15.5 Å². The topological polar surface area (TPSA) is 114 Å².